The number of hydrogen-bond donors (Lipinski definition) is 2. The van der Waals surface area contributed by atoms with E-state index in [0.717, 1.165) is 25.7 Å². The van der Waals surface area contributed by atoms with Crippen LogP contribution in [0.4, 0.5) is 0 Å². The molecule has 2 heterocycles. The zero-order valence-electron chi connectivity index (χ0n) is 13.8. The van der Waals surface area contributed by atoms with Crippen molar-refractivity contribution in [3.8, 4) is 0 Å². The highest BCUT2D eigenvalue weighted by molar-refractivity contribution is 5.88. The van der Waals surface area contributed by atoms with Crippen molar-refractivity contribution in [1.29, 1.82) is 0 Å². The van der Waals surface area contributed by atoms with Crippen LogP contribution in [0.2, 0.25) is 0 Å². The fraction of sp³-hybridized carbons (Fsp3) is 0.812. The lowest BCUT2D eigenvalue weighted by molar-refractivity contribution is -0.149. The number of nitrogens with zero attached hydrogens (tertiary/aromatic N) is 1. The van der Waals surface area contributed by atoms with Crippen LogP contribution in [0.15, 0.2) is 0 Å². The number of carbonyl (C=O) groups excluding carboxylic acids is 3. The van der Waals surface area contributed by atoms with Crippen LogP contribution in [-0.4, -0.2) is 61.5 Å². The highest BCUT2D eigenvalue weighted by Crippen LogP contribution is 2.18. The second-order valence-corrected chi connectivity index (χ2v) is 6.21. The maximum absolute atomic E-state index is 12.1. The van der Waals surface area contributed by atoms with E-state index >= 15 is 0 Å². The van der Waals surface area contributed by atoms with Gasteiger partial charge in [0.15, 0.2) is 0 Å². The second-order valence-electron chi connectivity index (χ2n) is 6.21. The predicted molar refractivity (Wildman–Crippen MR) is 84.6 cm³/mol. The van der Waals surface area contributed by atoms with E-state index in [1.807, 2.05) is 4.90 Å². The van der Waals surface area contributed by atoms with E-state index in [1.54, 1.807) is 6.92 Å². The van der Waals surface area contributed by atoms with Gasteiger partial charge in [-0.1, -0.05) is 0 Å². The molecule has 2 N–H and O–H groups in total. The first-order valence-electron chi connectivity index (χ1n) is 8.56. The quantitative estimate of drug-likeness (QED) is 0.697. The van der Waals surface area contributed by atoms with E-state index in [0.29, 0.717) is 32.7 Å². The molecular formula is C16H27N3O4. The van der Waals surface area contributed by atoms with Crippen molar-refractivity contribution in [3.05, 3.63) is 0 Å². The molecule has 0 saturated carbocycles. The van der Waals surface area contributed by atoms with Gasteiger partial charge in [0.2, 0.25) is 11.8 Å². The lowest BCUT2D eigenvalue weighted by atomic mass is 9.97. The van der Waals surface area contributed by atoms with Crippen LogP contribution < -0.4 is 10.6 Å². The lowest BCUT2D eigenvalue weighted by Gasteiger charge is -2.30. The normalized spacial score (nSPS) is 23.7. The average molecular weight is 325 g/mol. The Bertz CT molecular complexity index is 433. The number of hydrogen-bond acceptors (Lipinski definition) is 5. The van der Waals surface area contributed by atoms with Crippen molar-refractivity contribution >= 4 is 17.8 Å². The molecule has 0 aromatic heterocycles. The van der Waals surface area contributed by atoms with Gasteiger partial charge in [0.05, 0.1) is 19.1 Å². The molecule has 2 saturated heterocycles. The monoisotopic (exact) mass is 325 g/mol. The number of carbonyl (C=O) groups is 3. The smallest absolute Gasteiger partial charge is 0.309 e. The van der Waals surface area contributed by atoms with Gasteiger partial charge < -0.3 is 15.4 Å². The van der Waals surface area contributed by atoms with Crippen LogP contribution >= 0.6 is 0 Å². The third kappa shape index (κ3) is 5.49. The van der Waals surface area contributed by atoms with Gasteiger partial charge >= 0.3 is 5.97 Å². The summed E-state index contributed by atoms with van der Waals surface area (Å²) in [5, 5.41) is 5.64. The fourth-order valence-corrected chi connectivity index (χ4v) is 3.11. The van der Waals surface area contributed by atoms with Gasteiger partial charge in [-0.3, -0.25) is 19.3 Å². The zero-order valence-corrected chi connectivity index (χ0v) is 13.8. The van der Waals surface area contributed by atoms with Gasteiger partial charge in [-0.05, 0) is 52.1 Å². The number of likely N-dealkylation sites (tertiary alicyclic amines) is 1. The van der Waals surface area contributed by atoms with Crippen molar-refractivity contribution < 1.29 is 19.1 Å². The standard InChI is InChI=1S/C16H27N3O4/c1-2-23-16(22)12-6-9-19(10-7-12)11-14(20)18-13-5-3-4-8-17-15(13)21/h12-13H,2-11H2,1H3,(H,17,21)(H,18,20). The minimum atomic E-state index is -0.415. The number of ether oxygens (including phenoxy) is 1. The van der Waals surface area contributed by atoms with Gasteiger partial charge in [0.1, 0.15) is 6.04 Å². The summed E-state index contributed by atoms with van der Waals surface area (Å²) in [6.45, 7) is 4.58. The Kier molecular flexibility index (Phi) is 6.83. The van der Waals surface area contributed by atoms with Crippen LogP contribution in [0.5, 0.6) is 0 Å². The molecule has 0 radical (unpaired) electrons. The first kappa shape index (κ1) is 17.7. The van der Waals surface area contributed by atoms with E-state index in [4.69, 9.17) is 4.74 Å². The lowest BCUT2D eigenvalue weighted by Crippen LogP contribution is -2.49. The number of esters is 1. The summed E-state index contributed by atoms with van der Waals surface area (Å²) in [5.41, 5.74) is 0. The molecule has 2 aliphatic rings. The number of nitrogens with one attached hydrogen (secondary N) is 2. The summed E-state index contributed by atoms with van der Waals surface area (Å²) >= 11 is 0. The van der Waals surface area contributed by atoms with Crippen molar-refractivity contribution in [2.45, 2.75) is 45.1 Å². The van der Waals surface area contributed by atoms with Gasteiger partial charge in [0.25, 0.3) is 0 Å². The van der Waals surface area contributed by atoms with E-state index in [1.165, 1.54) is 0 Å². The molecule has 2 rings (SSSR count). The average Bonchev–Trinajstić information content (AvgIpc) is 2.73. The van der Waals surface area contributed by atoms with Crippen LogP contribution in [0.3, 0.4) is 0 Å². The molecule has 7 nitrogen and oxygen atoms in total. The number of amides is 2. The van der Waals surface area contributed by atoms with Crippen LogP contribution in [0.25, 0.3) is 0 Å². The summed E-state index contributed by atoms with van der Waals surface area (Å²) < 4.78 is 5.04. The number of rotatable bonds is 5. The highest BCUT2D eigenvalue weighted by atomic mass is 16.5. The first-order chi connectivity index (χ1) is 11.1. The molecule has 2 fully saturated rings. The molecule has 0 aromatic rings. The van der Waals surface area contributed by atoms with Crippen molar-refractivity contribution in [2.75, 3.05) is 32.8 Å². The van der Waals surface area contributed by atoms with Crippen LogP contribution in [0, 0.1) is 5.92 Å². The highest BCUT2D eigenvalue weighted by Gasteiger charge is 2.28. The molecule has 0 bridgehead atoms. The Morgan fingerprint density at radius 1 is 1.26 bits per heavy atom. The van der Waals surface area contributed by atoms with Crippen molar-refractivity contribution in [1.82, 2.24) is 15.5 Å². The number of piperidine rings is 1. The molecule has 0 aliphatic carbocycles. The third-order valence-corrected chi connectivity index (χ3v) is 4.45. The topological polar surface area (TPSA) is 87.7 Å². The Morgan fingerprint density at radius 3 is 2.70 bits per heavy atom. The van der Waals surface area contributed by atoms with Gasteiger partial charge in [-0.2, -0.15) is 0 Å². The Balaban J connectivity index is 1.72. The summed E-state index contributed by atoms with van der Waals surface area (Å²) in [7, 11) is 0. The molecule has 7 heteroatoms. The molecular weight excluding hydrogens is 298 g/mol. The predicted octanol–water partition coefficient (Wildman–Crippen LogP) is 0.0464. The minimum Gasteiger partial charge on any atom is -0.466 e. The maximum Gasteiger partial charge on any atom is 0.309 e. The molecule has 130 valence electrons. The molecule has 0 spiro atoms. The maximum atomic E-state index is 12.1. The van der Waals surface area contributed by atoms with Crippen molar-refractivity contribution in [3.63, 3.8) is 0 Å². The second kappa shape index (κ2) is 8.86. The van der Waals surface area contributed by atoms with Gasteiger partial charge in [-0.15, -0.1) is 0 Å². The van der Waals surface area contributed by atoms with E-state index in [-0.39, 0.29) is 30.2 Å². The summed E-state index contributed by atoms with van der Waals surface area (Å²) in [6, 6.07) is -0.415. The summed E-state index contributed by atoms with van der Waals surface area (Å²) in [6.07, 6.45) is 4.03. The molecule has 1 unspecified atom stereocenters. The zero-order chi connectivity index (χ0) is 16.7. The van der Waals surface area contributed by atoms with Gasteiger partial charge in [-0.25, -0.2) is 0 Å². The molecule has 1 atom stereocenters. The minimum absolute atomic E-state index is 0.0538. The molecule has 2 aliphatic heterocycles. The molecule has 0 aromatic carbocycles. The van der Waals surface area contributed by atoms with Gasteiger partial charge in [0, 0.05) is 6.54 Å². The van der Waals surface area contributed by atoms with Crippen molar-refractivity contribution in [2.24, 2.45) is 5.92 Å². The Labute approximate surface area is 137 Å². The Morgan fingerprint density at radius 2 is 2.00 bits per heavy atom. The third-order valence-electron chi connectivity index (χ3n) is 4.45. The SMILES string of the molecule is CCOC(=O)C1CCN(CC(=O)NC2CCCCNC2=O)CC1. The van der Waals surface area contributed by atoms with E-state index in [2.05, 4.69) is 10.6 Å². The first-order valence-corrected chi connectivity index (χ1v) is 8.56. The largest absolute Gasteiger partial charge is 0.466 e. The summed E-state index contributed by atoms with van der Waals surface area (Å²) in [5.74, 6) is -0.396. The molecule has 23 heavy (non-hydrogen) atoms. The Hall–Kier alpha value is -1.63. The van der Waals surface area contributed by atoms with E-state index < -0.39 is 6.04 Å². The van der Waals surface area contributed by atoms with E-state index in [9.17, 15) is 14.4 Å². The fourth-order valence-electron chi connectivity index (χ4n) is 3.11. The summed E-state index contributed by atoms with van der Waals surface area (Å²) in [4.78, 5) is 37.7. The van der Waals surface area contributed by atoms with Crippen LogP contribution in [0.1, 0.15) is 39.0 Å². The molecule has 2 amide bonds. The van der Waals surface area contributed by atoms with Crippen LogP contribution in [-0.2, 0) is 19.1 Å².